The van der Waals surface area contributed by atoms with Crippen molar-refractivity contribution >= 4 is 38.8 Å². The first-order valence-electron chi connectivity index (χ1n) is 12.3. The van der Waals surface area contributed by atoms with Crippen LogP contribution in [0.5, 0.6) is 0 Å². The Morgan fingerprint density at radius 3 is 2.63 bits per heavy atom. The summed E-state index contributed by atoms with van der Waals surface area (Å²) >= 11 is 0. The molecular formula is C28H27N3O6S. The van der Waals surface area contributed by atoms with Gasteiger partial charge >= 0.3 is 5.97 Å². The van der Waals surface area contributed by atoms with Gasteiger partial charge in [0.05, 0.1) is 17.2 Å². The van der Waals surface area contributed by atoms with E-state index >= 15 is 0 Å². The number of hydrogen-bond acceptors (Lipinski definition) is 7. The summed E-state index contributed by atoms with van der Waals surface area (Å²) < 4.78 is 36.5. The second-order valence-electron chi connectivity index (χ2n) is 9.04. The zero-order valence-corrected chi connectivity index (χ0v) is 21.6. The third-order valence-corrected chi connectivity index (χ3v) is 8.22. The topological polar surface area (TPSA) is 112 Å². The molecule has 1 fully saturated rings. The number of amides is 1. The monoisotopic (exact) mass is 533 g/mol. The lowest BCUT2D eigenvalue weighted by atomic mass is 10.2. The van der Waals surface area contributed by atoms with Crippen LogP contribution in [0.1, 0.15) is 18.9 Å². The number of ether oxygens (including phenoxy) is 1. The highest BCUT2D eigenvalue weighted by molar-refractivity contribution is 7.91. The van der Waals surface area contributed by atoms with Crippen molar-refractivity contribution in [3.05, 3.63) is 78.5 Å². The molecule has 0 spiro atoms. The second kappa shape index (κ2) is 10.7. The summed E-state index contributed by atoms with van der Waals surface area (Å²) in [7, 11) is -3.14. The molecule has 3 heterocycles. The van der Waals surface area contributed by atoms with Crippen LogP contribution in [0, 0.1) is 0 Å². The lowest BCUT2D eigenvalue weighted by Gasteiger charge is -2.26. The predicted molar refractivity (Wildman–Crippen MR) is 143 cm³/mol. The Balaban J connectivity index is 1.33. The van der Waals surface area contributed by atoms with Crippen LogP contribution in [-0.2, 0) is 24.2 Å². The molecule has 0 N–H and O–H groups in total. The molecular weight excluding hydrogens is 506 g/mol. The van der Waals surface area contributed by atoms with Crippen molar-refractivity contribution in [1.29, 1.82) is 0 Å². The fraction of sp³-hybridized carbons (Fsp3) is 0.250. The van der Waals surface area contributed by atoms with Gasteiger partial charge in [-0.1, -0.05) is 36.4 Å². The molecule has 9 nitrogen and oxygen atoms in total. The zero-order chi connectivity index (χ0) is 26.7. The summed E-state index contributed by atoms with van der Waals surface area (Å²) in [5.41, 5.74) is 2.73. The average molecular weight is 534 g/mol. The van der Waals surface area contributed by atoms with Gasteiger partial charge in [0.2, 0.25) is 0 Å². The summed E-state index contributed by atoms with van der Waals surface area (Å²) in [4.78, 5) is 26.6. The first kappa shape index (κ1) is 25.5. The van der Waals surface area contributed by atoms with Gasteiger partial charge in [0.15, 0.2) is 22.2 Å². The van der Waals surface area contributed by atoms with E-state index in [-0.39, 0.29) is 17.5 Å². The number of aromatic nitrogens is 2. The number of benzene rings is 2. The number of hydrogen-bond donors (Lipinski definition) is 0. The maximum atomic E-state index is 12.6. The molecule has 2 aromatic heterocycles. The number of rotatable bonds is 8. The van der Waals surface area contributed by atoms with Crippen molar-refractivity contribution < 1.29 is 27.2 Å². The molecule has 1 aliphatic heterocycles. The lowest BCUT2D eigenvalue weighted by molar-refractivity contribution is -0.149. The minimum atomic E-state index is -3.14. The number of sulfone groups is 1. The fourth-order valence-corrected chi connectivity index (χ4v) is 6.32. The average Bonchev–Trinajstić information content (AvgIpc) is 3.63. The van der Waals surface area contributed by atoms with Gasteiger partial charge in [0.25, 0.3) is 5.91 Å². The first-order chi connectivity index (χ1) is 18.3. The van der Waals surface area contributed by atoms with Gasteiger partial charge in [0.1, 0.15) is 11.3 Å². The van der Waals surface area contributed by atoms with Crippen LogP contribution < -0.4 is 0 Å². The molecule has 2 aromatic carbocycles. The van der Waals surface area contributed by atoms with Crippen molar-refractivity contribution in [3.8, 4) is 17.1 Å². The van der Waals surface area contributed by atoms with Crippen LogP contribution in [0.4, 0.5) is 0 Å². The van der Waals surface area contributed by atoms with E-state index in [1.807, 2.05) is 60.7 Å². The summed E-state index contributed by atoms with van der Waals surface area (Å²) in [6.45, 7) is 1.65. The van der Waals surface area contributed by atoms with E-state index in [4.69, 9.17) is 14.3 Å². The summed E-state index contributed by atoms with van der Waals surface area (Å²) in [6.07, 6.45) is 4.99. The Bertz CT molecular complexity index is 1570. The molecule has 0 saturated carbocycles. The molecule has 4 aromatic rings. The molecule has 0 bridgehead atoms. The molecule has 1 unspecified atom stereocenters. The van der Waals surface area contributed by atoms with E-state index in [0.29, 0.717) is 30.0 Å². The third-order valence-electron chi connectivity index (χ3n) is 6.47. The normalized spacial score (nSPS) is 16.7. The molecule has 1 amide bonds. The number of para-hydroxylation sites is 2. The number of furan rings is 1. The zero-order valence-electron chi connectivity index (χ0n) is 20.8. The summed E-state index contributed by atoms with van der Waals surface area (Å²) in [6, 6.07) is 18.7. The molecule has 10 heteroatoms. The molecule has 196 valence electrons. The summed E-state index contributed by atoms with van der Waals surface area (Å²) in [5.74, 6) is -0.563. The van der Waals surface area contributed by atoms with Gasteiger partial charge in [-0.15, -0.1) is 0 Å². The molecule has 0 aliphatic carbocycles. The lowest BCUT2D eigenvalue weighted by Crippen LogP contribution is -2.43. The van der Waals surface area contributed by atoms with Gasteiger partial charge in [-0.25, -0.2) is 17.9 Å². The van der Waals surface area contributed by atoms with Crippen molar-refractivity contribution in [2.24, 2.45) is 0 Å². The SMILES string of the molecule is CCN(C(=O)COC(=O)C=Cc1cn(-c2ccccc2)nc1-c1cc2ccccc2o1)C1CCS(=O)(=O)C1. The molecule has 38 heavy (non-hydrogen) atoms. The van der Waals surface area contributed by atoms with Gasteiger partial charge in [-0.3, -0.25) is 4.79 Å². The van der Waals surface area contributed by atoms with Crippen LogP contribution in [0.25, 0.3) is 34.2 Å². The van der Waals surface area contributed by atoms with E-state index < -0.39 is 28.3 Å². The largest absolute Gasteiger partial charge is 0.454 e. The minimum Gasteiger partial charge on any atom is -0.454 e. The van der Waals surface area contributed by atoms with Crippen LogP contribution in [-0.4, -0.2) is 65.7 Å². The molecule has 0 radical (unpaired) electrons. The Kier molecular flexibility index (Phi) is 7.15. The van der Waals surface area contributed by atoms with Crippen LogP contribution >= 0.6 is 0 Å². The van der Waals surface area contributed by atoms with Gasteiger partial charge in [0, 0.05) is 35.8 Å². The number of nitrogens with zero attached hydrogens (tertiary/aromatic N) is 3. The third kappa shape index (κ3) is 5.55. The van der Waals surface area contributed by atoms with E-state index in [1.54, 1.807) is 23.9 Å². The highest BCUT2D eigenvalue weighted by Crippen LogP contribution is 2.30. The predicted octanol–water partition coefficient (Wildman–Crippen LogP) is 3.88. The second-order valence-corrected chi connectivity index (χ2v) is 11.3. The Morgan fingerprint density at radius 2 is 1.92 bits per heavy atom. The Morgan fingerprint density at radius 1 is 1.16 bits per heavy atom. The van der Waals surface area contributed by atoms with Crippen molar-refractivity contribution in [3.63, 3.8) is 0 Å². The van der Waals surface area contributed by atoms with Gasteiger partial charge in [-0.2, -0.15) is 5.10 Å². The number of likely N-dealkylation sites (N-methyl/N-ethyl adjacent to an activating group) is 1. The Labute approximate surface area is 220 Å². The van der Waals surface area contributed by atoms with Crippen molar-refractivity contribution in [2.75, 3.05) is 24.7 Å². The molecule has 1 saturated heterocycles. The van der Waals surface area contributed by atoms with E-state index in [0.717, 1.165) is 16.7 Å². The first-order valence-corrected chi connectivity index (χ1v) is 14.1. The minimum absolute atomic E-state index is 0.0591. The maximum Gasteiger partial charge on any atom is 0.331 e. The number of esters is 1. The Hall–Kier alpha value is -4.18. The summed E-state index contributed by atoms with van der Waals surface area (Å²) in [5, 5.41) is 5.63. The van der Waals surface area contributed by atoms with Gasteiger partial charge in [-0.05, 0) is 43.7 Å². The number of carbonyl (C=O) groups excluding carboxylic acids is 2. The van der Waals surface area contributed by atoms with Gasteiger partial charge < -0.3 is 14.1 Å². The van der Waals surface area contributed by atoms with Crippen LogP contribution in [0.2, 0.25) is 0 Å². The van der Waals surface area contributed by atoms with Crippen LogP contribution in [0.15, 0.2) is 77.4 Å². The highest BCUT2D eigenvalue weighted by Gasteiger charge is 2.34. The van der Waals surface area contributed by atoms with Crippen molar-refractivity contribution in [2.45, 2.75) is 19.4 Å². The van der Waals surface area contributed by atoms with Crippen LogP contribution in [0.3, 0.4) is 0 Å². The molecule has 1 aliphatic rings. The maximum absolute atomic E-state index is 12.6. The van der Waals surface area contributed by atoms with E-state index in [2.05, 4.69) is 0 Å². The molecule has 5 rings (SSSR count). The standard InChI is InChI=1S/C28H27N3O6S/c1-2-30(23-14-15-38(34,35)19-23)26(32)18-36-27(33)13-12-21-17-31(22-9-4-3-5-10-22)29-28(21)25-16-20-8-6-7-11-24(20)37-25/h3-13,16-17,23H,2,14-15,18-19H2,1H3. The van der Waals surface area contributed by atoms with Crippen molar-refractivity contribution in [1.82, 2.24) is 14.7 Å². The molecule has 1 atom stereocenters. The smallest absolute Gasteiger partial charge is 0.331 e. The number of carbonyl (C=O) groups is 2. The van der Waals surface area contributed by atoms with E-state index in [9.17, 15) is 18.0 Å². The quantitative estimate of drug-likeness (QED) is 0.250. The fourth-order valence-electron chi connectivity index (χ4n) is 4.59. The van der Waals surface area contributed by atoms with E-state index in [1.165, 1.54) is 11.0 Å². The number of fused-ring (bicyclic) bond motifs is 1. The highest BCUT2D eigenvalue weighted by atomic mass is 32.2.